The highest BCUT2D eigenvalue weighted by molar-refractivity contribution is 9.10. The minimum absolute atomic E-state index is 0.323. The predicted octanol–water partition coefficient (Wildman–Crippen LogP) is 4.42. The molecule has 0 amide bonds. The SMILES string of the molecule is NC(=S)c1cc(Br)ccc1OCc1ccccc1Br. The number of rotatable bonds is 4. The molecule has 0 aromatic heterocycles. The van der Waals surface area contributed by atoms with Crippen molar-refractivity contribution >= 4 is 49.1 Å². The third-order valence-corrected chi connectivity index (χ3v) is 4.03. The average molecular weight is 401 g/mol. The largest absolute Gasteiger partial charge is 0.488 e. The van der Waals surface area contributed by atoms with Crippen LogP contribution in [0.5, 0.6) is 5.75 Å². The molecule has 0 fully saturated rings. The van der Waals surface area contributed by atoms with Gasteiger partial charge in [0.25, 0.3) is 0 Å². The first-order chi connectivity index (χ1) is 9.08. The maximum atomic E-state index is 5.80. The van der Waals surface area contributed by atoms with E-state index in [1.54, 1.807) is 0 Å². The molecule has 0 aliphatic carbocycles. The molecule has 2 aromatic carbocycles. The summed E-state index contributed by atoms with van der Waals surface area (Å²) in [5, 5.41) is 0. The average Bonchev–Trinajstić information content (AvgIpc) is 2.38. The zero-order valence-corrected chi connectivity index (χ0v) is 13.9. The fourth-order valence-electron chi connectivity index (χ4n) is 1.59. The van der Waals surface area contributed by atoms with Gasteiger partial charge in [0.2, 0.25) is 0 Å². The summed E-state index contributed by atoms with van der Waals surface area (Å²) in [5.41, 5.74) is 7.51. The lowest BCUT2D eigenvalue weighted by Crippen LogP contribution is -2.11. The summed E-state index contributed by atoms with van der Waals surface area (Å²) in [7, 11) is 0. The summed E-state index contributed by atoms with van der Waals surface area (Å²) >= 11 is 11.9. The van der Waals surface area contributed by atoms with E-state index in [0.29, 0.717) is 17.3 Å². The van der Waals surface area contributed by atoms with E-state index >= 15 is 0 Å². The van der Waals surface area contributed by atoms with Crippen molar-refractivity contribution < 1.29 is 4.74 Å². The molecule has 0 atom stereocenters. The van der Waals surface area contributed by atoms with Gasteiger partial charge in [-0.3, -0.25) is 0 Å². The van der Waals surface area contributed by atoms with Crippen LogP contribution >= 0.6 is 44.1 Å². The fraction of sp³-hybridized carbons (Fsp3) is 0.0714. The second kappa shape index (κ2) is 6.50. The molecule has 2 aromatic rings. The third-order valence-electron chi connectivity index (χ3n) is 2.55. The van der Waals surface area contributed by atoms with Gasteiger partial charge in [0.1, 0.15) is 17.3 Å². The normalized spacial score (nSPS) is 10.2. The first kappa shape index (κ1) is 14.5. The highest BCUT2D eigenvalue weighted by Gasteiger charge is 2.08. The number of benzene rings is 2. The number of thiocarbonyl (C=S) groups is 1. The Morgan fingerprint density at radius 1 is 1.16 bits per heavy atom. The highest BCUT2D eigenvalue weighted by atomic mass is 79.9. The molecule has 2 N–H and O–H groups in total. The van der Waals surface area contributed by atoms with Crippen molar-refractivity contribution in [3.63, 3.8) is 0 Å². The van der Waals surface area contributed by atoms with E-state index in [4.69, 9.17) is 22.7 Å². The monoisotopic (exact) mass is 399 g/mol. The molecule has 98 valence electrons. The van der Waals surface area contributed by atoms with Crippen molar-refractivity contribution in [2.45, 2.75) is 6.61 Å². The molecule has 0 saturated heterocycles. The van der Waals surface area contributed by atoms with Crippen LogP contribution in [0, 0.1) is 0 Å². The van der Waals surface area contributed by atoms with Crippen LogP contribution < -0.4 is 10.5 Å². The Kier molecular flexibility index (Phi) is 4.96. The topological polar surface area (TPSA) is 35.2 Å². The quantitative estimate of drug-likeness (QED) is 0.771. The van der Waals surface area contributed by atoms with Crippen molar-refractivity contribution in [1.82, 2.24) is 0 Å². The first-order valence-corrected chi connectivity index (χ1v) is 7.53. The lowest BCUT2D eigenvalue weighted by molar-refractivity contribution is 0.305. The molecule has 0 spiro atoms. The molecule has 2 rings (SSSR count). The van der Waals surface area contributed by atoms with Crippen LogP contribution in [-0.4, -0.2) is 4.99 Å². The molecule has 0 unspecified atom stereocenters. The van der Waals surface area contributed by atoms with Crippen LogP contribution in [0.4, 0.5) is 0 Å². The smallest absolute Gasteiger partial charge is 0.130 e. The van der Waals surface area contributed by atoms with Crippen LogP contribution in [0.2, 0.25) is 0 Å². The summed E-state index contributed by atoms with van der Waals surface area (Å²) in [6, 6.07) is 13.5. The van der Waals surface area contributed by atoms with E-state index in [1.807, 2.05) is 42.5 Å². The van der Waals surface area contributed by atoms with Crippen LogP contribution in [-0.2, 0) is 6.61 Å². The van der Waals surface area contributed by atoms with E-state index < -0.39 is 0 Å². The Morgan fingerprint density at radius 3 is 2.58 bits per heavy atom. The number of nitrogens with two attached hydrogens (primary N) is 1. The molecule has 0 heterocycles. The number of hydrogen-bond acceptors (Lipinski definition) is 2. The lowest BCUT2D eigenvalue weighted by Gasteiger charge is -2.12. The Bertz CT molecular complexity index is 616. The van der Waals surface area contributed by atoms with Gasteiger partial charge < -0.3 is 10.5 Å². The lowest BCUT2D eigenvalue weighted by atomic mass is 10.2. The van der Waals surface area contributed by atoms with Crippen LogP contribution in [0.15, 0.2) is 51.4 Å². The zero-order chi connectivity index (χ0) is 13.8. The van der Waals surface area contributed by atoms with Crippen molar-refractivity contribution in [2.24, 2.45) is 5.73 Å². The summed E-state index contributed by atoms with van der Waals surface area (Å²) in [6.07, 6.45) is 0. The standard InChI is InChI=1S/C14H11Br2NOS/c15-10-5-6-13(11(7-10)14(17)19)18-8-9-3-1-2-4-12(9)16/h1-7H,8H2,(H2,17,19). The summed E-state index contributed by atoms with van der Waals surface area (Å²) in [4.78, 5) is 0.323. The van der Waals surface area contributed by atoms with E-state index in [2.05, 4.69) is 31.9 Å². The first-order valence-electron chi connectivity index (χ1n) is 5.53. The maximum Gasteiger partial charge on any atom is 0.130 e. The fourth-order valence-corrected chi connectivity index (χ4v) is 2.51. The predicted molar refractivity (Wildman–Crippen MR) is 88.5 cm³/mol. The summed E-state index contributed by atoms with van der Waals surface area (Å²) in [5.74, 6) is 0.687. The van der Waals surface area contributed by atoms with Crippen LogP contribution in [0.1, 0.15) is 11.1 Å². The molecule has 19 heavy (non-hydrogen) atoms. The highest BCUT2D eigenvalue weighted by Crippen LogP contribution is 2.25. The van der Waals surface area contributed by atoms with Gasteiger partial charge >= 0.3 is 0 Å². The zero-order valence-electron chi connectivity index (χ0n) is 9.90. The Balaban J connectivity index is 2.20. The van der Waals surface area contributed by atoms with Crippen molar-refractivity contribution in [3.8, 4) is 5.75 Å². The third kappa shape index (κ3) is 3.78. The molecule has 0 saturated carbocycles. The molecule has 2 nitrogen and oxygen atoms in total. The van der Waals surface area contributed by atoms with Gasteiger partial charge in [-0.1, -0.05) is 62.3 Å². The van der Waals surface area contributed by atoms with E-state index in [-0.39, 0.29) is 0 Å². The molecule has 0 aliphatic heterocycles. The van der Waals surface area contributed by atoms with Gasteiger partial charge in [-0.15, -0.1) is 0 Å². The van der Waals surface area contributed by atoms with E-state index in [1.165, 1.54) is 0 Å². The van der Waals surface area contributed by atoms with Gasteiger partial charge in [0.05, 0.1) is 5.56 Å². The van der Waals surface area contributed by atoms with Crippen LogP contribution in [0.3, 0.4) is 0 Å². The maximum absolute atomic E-state index is 5.80. The van der Waals surface area contributed by atoms with Gasteiger partial charge in [0, 0.05) is 14.5 Å². The van der Waals surface area contributed by atoms with Crippen LogP contribution in [0.25, 0.3) is 0 Å². The Hall–Kier alpha value is -0.910. The van der Waals surface area contributed by atoms with E-state index in [0.717, 1.165) is 20.1 Å². The molecule has 0 aliphatic rings. The minimum atomic E-state index is 0.323. The molecule has 0 radical (unpaired) electrons. The van der Waals surface area contributed by atoms with Crippen molar-refractivity contribution in [3.05, 3.63) is 62.5 Å². The van der Waals surface area contributed by atoms with E-state index in [9.17, 15) is 0 Å². The Labute approximate surface area is 134 Å². The van der Waals surface area contributed by atoms with Crippen molar-refractivity contribution in [1.29, 1.82) is 0 Å². The minimum Gasteiger partial charge on any atom is -0.488 e. The van der Waals surface area contributed by atoms with Gasteiger partial charge in [-0.05, 0) is 24.3 Å². The van der Waals surface area contributed by atoms with Crippen molar-refractivity contribution in [2.75, 3.05) is 0 Å². The molecular formula is C14H11Br2NOS. The number of hydrogen-bond donors (Lipinski definition) is 1. The molecule has 0 bridgehead atoms. The number of ether oxygens (including phenoxy) is 1. The number of halogens is 2. The second-order valence-electron chi connectivity index (χ2n) is 3.88. The van der Waals surface area contributed by atoms with Gasteiger partial charge in [-0.25, -0.2) is 0 Å². The second-order valence-corrected chi connectivity index (χ2v) is 6.09. The summed E-state index contributed by atoms with van der Waals surface area (Å²) < 4.78 is 7.74. The van der Waals surface area contributed by atoms with Gasteiger partial charge in [-0.2, -0.15) is 0 Å². The molecule has 5 heteroatoms. The Morgan fingerprint density at radius 2 is 1.89 bits per heavy atom. The summed E-state index contributed by atoms with van der Waals surface area (Å²) in [6.45, 7) is 0.457. The molecular weight excluding hydrogens is 390 g/mol. The van der Waals surface area contributed by atoms with Gasteiger partial charge in [0.15, 0.2) is 0 Å².